The number of rotatable bonds is 8. The van der Waals surface area contributed by atoms with Gasteiger partial charge in [0.05, 0.1) is 19.1 Å². The lowest BCUT2D eigenvalue weighted by atomic mass is 10.0. The lowest BCUT2D eigenvalue weighted by Crippen LogP contribution is -2.50. The molecule has 1 saturated heterocycles. The molecule has 1 rings (SSSR count). The van der Waals surface area contributed by atoms with E-state index in [1.54, 1.807) is 7.11 Å². The van der Waals surface area contributed by atoms with Gasteiger partial charge in [-0.2, -0.15) is 0 Å². The Bertz CT molecular complexity index is 184. The van der Waals surface area contributed by atoms with E-state index in [1.165, 1.54) is 0 Å². The van der Waals surface area contributed by atoms with E-state index in [4.69, 9.17) is 9.47 Å². The minimum atomic E-state index is 0.158. The van der Waals surface area contributed by atoms with Crippen LogP contribution in [0.2, 0.25) is 0 Å². The third kappa shape index (κ3) is 5.11. The van der Waals surface area contributed by atoms with Gasteiger partial charge < -0.3 is 20.1 Å². The fourth-order valence-corrected chi connectivity index (χ4v) is 1.25. The van der Waals surface area contributed by atoms with Crippen LogP contribution in [-0.2, 0) is 14.3 Å². The number of hydrogen-bond donors (Lipinski definition) is 2. The number of hydrogen-bond acceptors (Lipinski definition) is 4. The second-order valence-corrected chi connectivity index (χ2v) is 3.60. The highest BCUT2D eigenvalue weighted by molar-refractivity contribution is 5.79. The quantitative estimate of drug-likeness (QED) is 0.531. The van der Waals surface area contributed by atoms with Gasteiger partial charge in [-0.1, -0.05) is 0 Å². The Morgan fingerprint density at radius 2 is 2.20 bits per heavy atom. The normalized spacial score (nSPS) is 16.1. The van der Waals surface area contributed by atoms with E-state index in [2.05, 4.69) is 10.6 Å². The summed E-state index contributed by atoms with van der Waals surface area (Å²) in [7, 11) is 1.65. The predicted molar refractivity (Wildman–Crippen MR) is 56.7 cm³/mol. The summed E-state index contributed by atoms with van der Waals surface area (Å²) >= 11 is 0. The van der Waals surface area contributed by atoms with E-state index < -0.39 is 0 Å². The lowest BCUT2D eigenvalue weighted by Gasteiger charge is -2.25. The highest BCUT2D eigenvalue weighted by Crippen LogP contribution is 2.01. The zero-order valence-electron chi connectivity index (χ0n) is 9.25. The average Bonchev–Trinajstić information content (AvgIpc) is 2.14. The summed E-state index contributed by atoms with van der Waals surface area (Å²) in [6, 6.07) is 0. The van der Waals surface area contributed by atoms with E-state index in [9.17, 15) is 4.79 Å². The van der Waals surface area contributed by atoms with E-state index in [0.717, 1.165) is 19.5 Å². The van der Waals surface area contributed by atoms with Crippen molar-refractivity contribution in [1.82, 2.24) is 10.6 Å². The molecule has 5 heteroatoms. The van der Waals surface area contributed by atoms with Crippen molar-refractivity contribution in [2.45, 2.75) is 6.42 Å². The molecule has 5 nitrogen and oxygen atoms in total. The van der Waals surface area contributed by atoms with Gasteiger partial charge in [0.2, 0.25) is 5.91 Å². The summed E-state index contributed by atoms with van der Waals surface area (Å²) in [6.45, 7) is 4.25. The fraction of sp³-hybridized carbons (Fsp3) is 0.900. The van der Waals surface area contributed by atoms with Crippen molar-refractivity contribution in [2.75, 3.05) is 46.6 Å². The van der Waals surface area contributed by atoms with E-state index in [0.29, 0.717) is 26.4 Å². The van der Waals surface area contributed by atoms with Crippen LogP contribution in [0.25, 0.3) is 0 Å². The molecule has 0 radical (unpaired) electrons. The molecule has 15 heavy (non-hydrogen) atoms. The van der Waals surface area contributed by atoms with Gasteiger partial charge in [0, 0.05) is 33.4 Å². The molecular formula is C10H20N2O3. The molecule has 0 atom stereocenters. The van der Waals surface area contributed by atoms with Crippen LogP contribution >= 0.6 is 0 Å². The smallest absolute Gasteiger partial charge is 0.225 e. The predicted octanol–water partition coefficient (Wildman–Crippen LogP) is -0.625. The molecule has 1 heterocycles. The first-order valence-corrected chi connectivity index (χ1v) is 5.39. The average molecular weight is 216 g/mol. The summed E-state index contributed by atoms with van der Waals surface area (Å²) < 4.78 is 10.1. The van der Waals surface area contributed by atoms with Gasteiger partial charge in [0.25, 0.3) is 0 Å². The molecule has 2 N–H and O–H groups in total. The molecule has 1 aliphatic rings. The summed E-state index contributed by atoms with van der Waals surface area (Å²) in [5.74, 6) is 0.338. The number of carbonyl (C=O) groups excluding carboxylic acids is 1. The van der Waals surface area contributed by atoms with Crippen LogP contribution in [0, 0.1) is 5.92 Å². The van der Waals surface area contributed by atoms with Gasteiger partial charge in [-0.05, 0) is 6.42 Å². The van der Waals surface area contributed by atoms with E-state index in [1.807, 2.05) is 0 Å². The lowest BCUT2D eigenvalue weighted by molar-refractivity contribution is -0.126. The molecule has 0 aromatic heterocycles. The zero-order valence-corrected chi connectivity index (χ0v) is 9.25. The van der Waals surface area contributed by atoms with Gasteiger partial charge in [-0.3, -0.25) is 4.79 Å². The van der Waals surface area contributed by atoms with Crippen molar-refractivity contribution in [3.05, 3.63) is 0 Å². The van der Waals surface area contributed by atoms with Crippen molar-refractivity contribution in [3.8, 4) is 0 Å². The van der Waals surface area contributed by atoms with Crippen molar-refractivity contribution in [1.29, 1.82) is 0 Å². The second-order valence-electron chi connectivity index (χ2n) is 3.60. The molecule has 0 aliphatic carbocycles. The van der Waals surface area contributed by atoms with Gasteiger partial charge in [0.15, 0.2) is 0 Å². The first-order valence-electron chi connectivity index (χ1n) is 5.39. The molecule has 0 aromatic carbocycles. The Morgan fingerprint density at radius 3 is 2.80 bits per heavy atom. The highest BCUT2D eigenvalue weighted by Gasteiger charge is 2.23. The second kappa shape index (κ2) is 7.62. The van der Waals surface area contributed by atoms with Crippen LogP contribution in [0.15, 0.2) is 0 Å². The topological polar surface area (TPSA) is 59.6 Å². The molecule has 0 unspecified atom stereocenters. The third-order valence-electron chi connectivity index (χ3n) is 2.35. The molecule has 1 amide bonds. The molecule has 0 bridgehead atoms. The van der Waals surface area contributed by atoms with Gasteiger partial charge in [-0.15, -0.1) is 0 Å². The Morgan fingerprint density at radius 1 is 1.40 bits per heavy atom. The first-order chi connectivity index (χ1) is 7.34. The minimum absolute atomic E-state index is 0.158. The third-order valence-corrected chi connectivity index (χ3v) is 2.35. The number of carbonyl (C=O) groups is 1. The SMILES string of the molecule is COCCOCCCNC(=O)C1CNC1. The number of ether oxygens (including phenoxy) is 2. The Hall–Kier alpha value is -0.650. The van der Waals surface area contributed by atoms with Crippen molar-refractivity contribution >= 4 is 5.91 Å². The van der Waals surface area contributed by atoms with Crippen molar-refractivity contribution in [3.63, 3.8) is 0 Å². The van der Waals surface area contributed by atoms with Crippen LogP contribution in [0.5, 0.6) is 0 Å². The largest absolute Gasteiger partial charge is 0.382 e. The summed E-state index contributed by atoms with van der Waals surface area (Å²) in [4.78, 5) is 11.3. The molecule has 0 spiro atoms. The van der Waals surface area contributed by atoms with Gasteiger partial charge in [0.1, 0.15) is 0 Å². The number of nitrogens with one attached hydrogen (secondary N) is 2. The van der Waals surface area contributed by atoms with Crippen LogP contribution in [0.4, 0.5) is 0 Å². The summed E-state index contributed by atoms with van der Waals surface area (Å²) in [5.41, 5.74) is 0. The molecule has 0 saturated carbocycles. The molecule has 88 valence electrons. The maximum Gasteiger partial charge on any atom is 0.225 e. The minimum Gasteiger partial charge on any atom is -0.382 e. The van der Waals surface area contributed by atoms with Gasteiger partial charge in [-0.25, -0.2) is 0 Å². The van der Waals surface area contributed by atoms with E-state index in [-0.39, 0.29) is 11.8 Å². The fourth-order valence-electron chi connectivity index (χ4n) is 1.25. The maximum atomic E-state index is 11.3. The Balaban J connectivity index is 1.81. The Kier molecular flexibility index (Phi) is 6.31. The standard InChI is InChI=1S/C10H20N2O3/c1-14-5-6-15-4-2-3-12-10(13)9-7-11-8-9/h9,11H,2-8H2,1H3,(H,12,13). The summed E-state index contributed by atoms with van der Waals surface area (Å²) in [5, 5.41) is 5.95. The van der Waals surface area contributed by atoms with Crippen molar-refractivity contribution < 1.29 is 14.3 Å². The number of amides is 1. The highest BCUT2D eigenvalue weighted by atomic mass is 16.5. The Labute approximate surface area is 90.5 Å². The summed E-state index contributed by atoms with van der Waals surface area (Å²) in [6.07, 6.45) is 0.857. The molecule has 0 aromatic rings. The van der Waals surface area contributed by atoms with Crippen LogP contribution in [0.1, 0.15) is 6.42 Å². The van der Waals surface area contributed by atoms with Gasteiger partial charge >= 0.3 is 0 Å². The maximum absolute atomic E-state index is 11.3. The first kappa shape index (κ1) is 12.4. The monoisotopic (exact) mass is 216 g/mol. The van der Waals surface area contributed by atoms with E-state index >= 15 is 0 Å². The van der Waals surface area contributed by atoms with Crippen LogP contribution in [0.3, 0.4) is 0 Å². The molecule has 1 aliphatic heterocycles. The van der Waals surface area contributed by atoms with Crippen LogP contribution < -0.4 is 10.6 Å². The molecular weight excluding hydrogens is 196 g/mol. The zero-order chi connectivity index (χ0) is 10.9. The van der Waals surface area contributed by atoms with Crippen LogP contribution in [-0.4, -0.2) is 52.5 Å². The van der Waals surface area contributed by atoms with Crippen molar-refractivity contribution in [2.24, 2.45) is 5.92 Å². The number of methoxy groups -OCH3 is 1. The molecule has 1 fully saturated rings.